The third-order valence-electron chi connectivity index (χ3n) is 4.46. The summed E-state index contributed by atoms with van der Waals surface area (Å²) >= 11 is 0. The lowest BCUT2D eigenvalue weighted by atomic mass is 10.0. The molecule has 0 spiro atoms. The molecule has 140 valence electrons. The molecule has 0 unspecified atom stereocenters. The summed E-state index contributed by atoms with van der Waals surface area (Å²) in [7, 11) is 0. The fraction of sp³-hybridized carbons (Fsp3) is 0.167. The van der Waals surface area contributed by atoms with Gasteiger partial charge in [0.2, 0.25) is 0 Å². The van der Waals surface area contributed by atoms with Crippen molar-refractivity contribution in [1.82, 2.24) is 0 Å². The summed E-state index contributed by atoms with van der Waals surface area (Å²) < 4.78 is 5.57. The van der Waals surface area contributed by atoms with Crippen LogP contribution in [0, 0.1) is 11.3 Å². The zero-order chi connectivity index (χ0) is 19.8. The van der Waals surface area contributed by atoms with E-state index < -0.39 is 0 Å². The summed E-state index contributed by atoms with van der Waals surface area (Å²) in [6.45, 7) is 2.45. The predicted octanol–water partition coefficient (Wildman–Crippen LogP) is 4.58. The van der Waals surface area contributed by atoms with Gasteiger partial charge >= 0.3 is 0 Å². The van der Waals surface area contributed by atoms with Crippen LogP contribution in [0.4, 0.5) is 5.69 Å². The van der Waals surface area contributed by atoms with Crippen molar-refractivity contribution in [2.75, 3.05) is 18.1 Å². The lowest BCUT2D eigenvalue weighted by Crippen LogP contribution is -2.34. The van der Waals surface area contributed by atoms with Gasteiger partial charge in [-0.3, -0.25) is 4.79 Å². The monoisotopic (exact) mass is 370 g/mol. The molecule has 3 aromatic carbocycles. The molecule has 1 amide bonds. The number of anilines is 1. The number of benzene rings is 3. The fourth-order valence-electron chi connectivity index (χ4n) is 2.98. The highest BCUT2D eigenvalue weighted by Crippen LogP contribution is 2.18. The number of likely N-dealkylation sites (N-methyl/N-ethyl adjacent to an activating group) is 1. The molecule has 0 radical (unpaired) electrons. The number of ether oxygens (including phenoxy) is 1. The maximum atomic E-state index is 12.6. The maximum absolute atomic E-state index is 12.6. The molecule has 0 aliphatic heterocycles. The van der Waals surface area contributed by atoms with E-state index in [1.807, 2.05) is 37.3 Å². The molecule has 3 rings (SSSR count). The summed E-state index contributed by atoms with van der Waals surface area (Å²) in [5, 5.41) is 8.83. The van der Waals surface area contributed by atoms with E-state index in [0.717, 1.165) is 12.1 Å². The SMILES string of the molecule is CCN(C(=O)COc1ccc(C#N)cc1)c1ccc(Cc2ccccc2)cc1. The average Bonchev–Trinajstić information content (AvgIpc) is 2.75. The molecule has 4 heteroatoms. The van der Waals surface area contributed by atoms with Crippen LogP contribution >= 0.6 is 0 Å². The van der Waals surface area contributed by atoms with Crippen LogP contribution < -0.4 is 9.64 Å². The number of carbonyl (C=O) groups excluding carboxylic acids is 1. The van der Waals surface area contributed by atoms with Gasteiger partial charge in [-0.15, -0.1) is 0 Å². The predicted molar refractivity (Wildman–Crippen MR) is 110 cm³/mol. The van der Waals surface area contributed by atoms with Crippen LogP contribution in [0.3, 0.4) is 0 Å². The summed E-state index contributed by atoms with van der Waals surface area (Å²) in [6.07, 6.45) is 0.864. The van der Waals surface area contributed by atoms with E-state index >= 15 is 0 Å². The zero-order valence-corrected chi connectivity index (χ0v) is 15.8. The van der Waals surface area contributed by atoms with E-state index in [1.54, 1.807) is 29.2 Å². The van der Waals surface area contributed by atoms with Crippen molar-refractivity contribution in [1.29, 1.82) is 5.26 Å². The van der Waals surface area contributed by atoms with Gasteiger partial charge in [0.1, 0.15) is 5.75 Å². The highest BCUT2D eigenvalue weighted by atomic mass is 16.5. The van der Waals surface area contributed by atoms with Crippen molar-refractivity contribution in [3.63, 3.8) is 0 Å². The Balaban J connectivity index is 1.61. The van der Waals surface area contributed by atoms with E-state index in [0.29, 0.717) is 17.9 Å². The van der Waals surface area contributed by atoms with Gasteiger partial charge in [0, 0.05) is 12.2 Å². The van der Waals surface area contributed by atoms with Gasteiger partial charge in [0.25, 0.3) is 5.91 Å². The molecule has 0 saturated carbocycles. The first-order chi connectivity index (χ1) is 13.7. The molecular formula is C24H22N2O2. The molecule has 0 bridgehead atoms. The van der Waals surface area contributed by atoms with Crippen LogP contribution in [0.1, 0.15) is 23.6 Å². The molecule has 0 fully saturated rings. The molecular weight excluding hydrogens is 348 g/mol. The number of hydrogen-bond donors (Lipinski definition) is 0. The average molecular weight is 370 g/mol. The second-order valence-corrected chi connectivity index (χ2v) is 6.39. The van der Waals surface area contributed by atoms with E-state index in [2.05, 4.69) is 30.3 Å². The van der Waals surface area contributed by atoms with Crippen molar-refractivity contribution in [2.24, 2.45) is 0 Å². The fourth-order valence-corrected chi connectivity index (χ4v) is 2.98. The highest BCUT2D eigenvalue weighted by molar-refractivity contribution is 5.94. The zero-order valence-electron chi connectivity index (χ0n) is 15.8. The van der Waals surface area contributed by atoms with Crippen molar-refractivity contribution in [3.05, 3.63) is 95.6 Å². The summed E-state index contributed by atoms with van der Waals surface area (Å²) in [5.41, 5.74) is 3.87. The lowest BCUT2D eigenvalue weighted by Gasteiger charge is -2.21. The lowest BCUT2D eigenvalue weighted by molar-refractivity contribution is -0.120. The molecule has 28 heavy (non-hydrogen) atoms. The van der Waals surface area contributed by atoms with E-state index in [4.69, 9.17) is 10.00 Å². The normalized spacial score (nSPS) is 10.1. The van der Waals surface area contributed by atoms with Crippen molar-refractivity contribution in [3.8, 4) is 11.8 Å². The van der Waals surface area contributed by atoms with Gasteiger partial charge in [0.15, 0.2) is 6.61 Å². The van der Waals surface area contributed by atoms with Gasteiger partial charge in [0.05, 0.1) is 11.6 Å². The van der Waals surface area contributed by atoms with Crippen molar-refractivity contribution in [2.45, 2.75) is 13.3 Å². The Bertz CT molecular complexity index is 943. The standard InChI is InChI=1S/C24H22N2O2/c1-2-26(24(27)18-28-23-14-10-21(17-25)11-15-23)22-12-8-20(9-13-22)16-19-6-4-3-5-7-19/h3-15H,2,16,18H2,1H3. The second-order valence-electron chi connectivity index (χ2n) is 6.39. The van der Waals surface area contributed by atoms with Crippen LogP contribution in [0.5, 0.6) is 5.75 Å². The molecule has 0 saturated heterocycles. The molecule has 4 nitrogen and oxygen atoms in total. The largest absolute Gasteiger partial charge is 0.484 e. The first kappa shape index (κ1) is 19.2. The molecule has 0 aromatic heterocycles. The Kier molecular flexibility index (Phi) is 6.43. The van der Waals surface area contributed by atoms with Gasteiger partial charge in [-0.25, -0.2) is 0 Å². The summed E-state index contributed by atoms with van der Waals surface area (Å²) in [5.74, 6) is 0.462. The minimum absolute atomic E-state index is 0.0501. The third kappa shape index (κ3) is 4.99. The Morgan fingerprint density at radius 2 is 1.57 bits per heavy atom. The number of hydrogen-bond acceptors (Lipinski definition) is 3. The Morgan fingerprint density at radius 1 is 0.929 bits per heavy atom. The molecule has 0 atom stereocenters. The van der Waals surface area contributed by atoms with Crippen molar-refractivity contribution < 1.29 is 9.53 Å². The van der Waals surface area contributed by atoms with Gasteiger partial charge in [-0.1, -0.05) is 42.5 Å². The molecule has 0 aliphatic rings. The number of nitrogens with zero attached hydrogens (tertiary/aromatic N) is 2. The minimum Gasteiger partial charge on any atom is -0.484 e. The number of rotatable bonds is 7. The van der Waals surface area contributed by atoms with Gasteiger partial charge in [-0.05, 0) is 60.9 Å². The summed E-state index contributed by atoms with van der Waals surface area (Å²) in [6, 6.07) is 27.1. The quantitative estimate of drug-likeness (QED) is 0.612. The van der Waals surface area contributed by atoms with Gasteiger partial charge < -0.3 is 9.64 Å². The van der Waals surface area contributed by atoms with E-state index in [1.165, 1.54) is 11.1 Å². The van der Waals surface area contributed by atoms with Crippen LogP contribution in [-0.2, 0) is 11.2 Å². The van der Waals surface area contributed by atoms with E-state index in [9.17, 15) is 4.79 Å². The molecule has 3 aromatic rings. The van der Waals surface area contributed by atoms with E-state index in [-0.39, 0.29) is 12.5 Å². The highest BCUT2D eigenvalue weighted by Gasteiger charge is 2.14. The molecule has 0 aliphatic carbocycles. The number of nitriles is 1. The Hall–Kier alpha value is -3.58. The second kappa shape index (κ2) is 9.38. The minimum atomic E-state index is -0.109. The Morgan fingerprint density at radius 3 is 2.18 bits per heavy atom. The molecule has 0 heterocycles. The number of amides is 1. The van der Waals surface area contributed by atoms with Crippen LogP contribution in [-0.4, -0.2) is 19.1 Å². The first-order valence-electron chi connectivity index (χ1n) is 9.26. The summed E-state index contributed by atoms with van der Waals surface area (Å²) in [4.78, 5) is 14.3. The van der Waals surface area contributed by atoms with Crippen molar-refractivity contribution >= 4 is 11.6 Å². The van der Waals surface area contributed by atoms with Crippen LogP contribution in [0.2, 0.25) is 0 Å². The third-order valence-corrected chi connectivity index (χ3v) is 4.46. The topological polar surface area (TPSA) is 53.3 Å². The first-order valence-corrected chi connectivity index (χ1v) is 9.26. The smallest absolute Gasteiger partial charge is 0.264 e. The number of carbonyl (C=O) groups is 1. The van der Waals surface area contributed by atoms with Gasteiger partial charge in [-0.2, -0.15) is 5.26 Å². The van der Waals surface area contributed by atoms with Crippen LogP contribution in [0.25, 0.3) is 0 Å². The maximum Gasteiger partial charge on any atom is 0.264 e. The molecule has 0 N–H and O–H groups in total. The van der Waals surface area contributed by atoms with Crippen LogP contribution in [0.15, 0.2) is 78.9 Å². The Labute approximate surface area is 165 Å².